The fourth-order valence-corrected chi connectivity index (χ4v) is 5.91. The summed E-state index contributed by atoms with van der Waals surface area (Å²) in [7, 11) is 0. The van der Waals surface area contributed by atoms with Crippen LogP contribution in [0, 0.1) is 10.8 Å². The van der Waals surface area contributed by atoms with Crippen LogP contribution in [0.1, 0.15) is 41.5 Å². The summed E-state index contributed by atoms with van der Waals surface area (Å²) in [6.45, 7) is 7.50. The summed E-state index contributed by atoms with van der Waals surface area (Å²) < 4.78 is 29.8. The van der Waals surface area contributed by atoms with Gasteiger partial charge in [0.1, 0.15) is 29.9 Å². The molecule has 1 rings (SSSR count). The first-order valence-corrected chi connectivity index (χ1v) is 11.6. The lowest BCUT2D eigenvalue weighted by Gasteiger charge is -2.40. The summed E-state index contributed by atoms with van der Waals surface area (Å²) in [5.41, 5.74) is -1.72. The van der Waals surface area contributed by atoms with Crippen LogP contribution in [0.3, 0.4) is 0 Å². The Morgan fingerprint density at radius 1 is 0.923 bits per heavy atom. The lowest BCUT2D eigenvalue weighted by molar-refractivity contribution is -0.205. The molecule has 1 fully saturated rings. The molecule has 0 aliphatic carbocycles. The second-order valence-electron chi connectivity index (χ2n) is 8.92. The van der Waals surface area contributed by atoms with Gasteiger partial charge in [-0.3, -0.25) is 0 Å². The summed E-state index contributed by atoms with van der Waals surface area (Å²) in [5, 5.41) is 39.2. The molecule has 156 valence electrons. The van der Waals surface area contributed by atoms with E-state index in [9.17, 15) is 25.0 Å². The van der Waals surface area contributed by atoms with Crippen LogP contribution in [0.15, 0.2) is 0 Å². The largest absolute Gasteiger partial charge is 0.394 e. The SMILES string of the molecule is CC(C)(C)COP(=O)(OCC(C)(C)C)S[C@@H]1O[C@H](CO)[C@H](O)[C@H](O)[C@H]1O. The summed E-state index contributed by atoms with van der Waals surface area (Å²) >= 11 is 0.639. The van der Waals surface area contributed by atoms with Crippen molar-refractivity contribution in [2.24, 2.45) is 10.8 Å². The van der Waals surface area contributed by atoms with Crippen LogP contribution >= 0.6 is 18.2 Å². The predicted octanol–water partition coefficient (Wildman–Crippen LogP) is 1.75. The van der Waals surface area contributed by atoms with Gasteiger partial charge in [0.15, 0.2) is 0 Å². The molecule has 1 saturated heterocycles. The fraction of sp³-hybridized carbons (Fsp3) is 1.00. The zero-order valence-electron chi connectivity index (χ0n) is 16.3. The third-order valence-electron chi connectivity index (χ3n) is 3.39. The first-order chi connectivity index (χ1) is 11.7. The molecule has 1 heterocycles. The topological polar surface area (TPSA) is 126 Å². The summed E-state index contributed by atoms with van der Waals surface area (Å²) in [6.07, 6.45) is -5.61. The van der Waals surface area contributed by atoms with Crippen molar-refractivity contribution in [3.05, 3.63) is 0 Å². The standard InChI is InChI=1S/C16H33O8PS/c1-15(2,3)8-22-25(21,23-9-16(4,5)6)26-14-13(20)12(19)11(18)10(7-17)24-14/h10-14,17-20H,7-9H2,1-6H3/t10-,11+,12+,13-,14+/m1/s1. The number of hydrogen-bond acceptors (Lipinski definition) is 9. The maximum absolute atomic E-state index is 13.2. The van der Waals surface area contributed by atoms with Gasteiger partial charge in [-0.25, -0.2) is 4.57 Å². The molecular weight excluding hydrogens is 383 g/mol. The summed E-state index contributed by atoms with van der Waals surface area (Å²) in [6, 6.07) is 0. The highest BCUT2D eigenvalue weighted by molar-refractivity contribution is 8.55. The van der Waals surface area contributed by atoms with Gasteiger partial charge in [0.2, 0.25) is 0 Å². The molecule has 8 nitrogen and oxygen atoms in total. The van der Waals surface area contributed by atoms with Crippen molar-refractivity contribution in [2.45, 2.75) is 71.4 Å². The van der Waals surface area contributed by atoms with E-state index in [0.29, 0.717) is 11.4 Å². The molecule has 0 aromatic carbocycles. The molecule has 0 spiro atoms. The molecule has 1 aliphatic heterocycles. The molecule has 0 aromatic rings. The minimum absolute atomic E-state index is 0.152. The van der Waals surface area contributed by atoms with Gasteiger partial charge >= 0.3 is 6.80 Å². The molecule has 10 heteroatoms. The number of aliphatic hydroxyl groups excluding tert-OH is 4. The van der Waals surface area contributed by atoms with E-state index in [0.717, 1.165) is 0 Å². The molecule has 0 bridgehead atoms. The smallest absolute Gasteiger partial charge is 0.391 e. The average Bonchev–Trinajstić information content (AvgIpc) is 2.51. The normalized spacial score (nSPS) is 31.2. The van der Waals surface area contributed by atoms with E-state index in [4.69, 9.17) is 13.8 Å². The van der Waals surface area contributed by atoms with Crippen molar-refractivity contribution in [2.75, 3.05) is 19.8 Å². The fourth-order valence-electron chi connectivity index (χ4n) is 1.93. The monoisotopic (exact) mass is 416 g/mol. The maximum atomic E-state index is 13.2. The summed E-state index contributed by atoms with van der Waals surface area (Å²) in [4.78, 5) is 0. The van der Waals surface area contributed by atoms with Gasteiger partial charge in [-0.2, -0.15) is 0 Å². The Balaban J connectivity index is 2.93. The molecule has 0 unspecified atom stereocenters. The Kier molecular flexibility index (Phi) is 8.61. The molecule has 0 saturated carbocycles. The number of ether oxygens (including phenoxy) is 1. The van der Waals surface area contributed by atoms with Crippen LogP contribution in [0.4, 0.5) is 0 Å². The minimum atomic E-state index is -3.74. The Labute approximate surface area is 159 Å². The van der Waals surface area contributed by atoms with E-state index in [2.05, 4.69) is 0 Å². The zero-order valence-corrected chi connectivity index (χ0v) is 18.0. The van der Waals surface area contributed by atoms with E-state index in [-0.39, 0.29) is 24.0 Å². The van der Waals surface area contributed by atoms with Crippen LogP contribution in [0.2, 0.25) is 0 Å². The highest BCUT2D eigenvalue weighted by Gasteiger charge is 2.47. The van der Waals surface area contributed by atoms with Gasteiger partial charge in [-0.05, 0) is 22.2 Å². The van der Waals surface area contributed by atoms with E-state index in [1.807, 2.05) is 41.5 Å². The van der Waals surface area contributed by atoms with E-state index < -0.39 is 43.3 Å². The first-order valence-electron chi connectivity index (χ1n) is 8.55. The highest BCUT2D eigenvalue weighted by Crippen LogP contribution is 2.64. The summed E-state index contributed by atoms with van der Waals surface area (Å²) in [5.74, 6) is 0. The molecule has 4 N–H and O–H groups in total. The second kappa shape index (κ2) is 9.20. The molecule has 0 aromatic heterocycles. The Morgan fingerprint density at radius 2 is 1.38 bits per heavy atom. The van der Waals surface area contributed by atoms with Crippen molar-refractivity contribution in [3.8, 4) is 0 Å². The molecule has 26 heavy (non-hydrogen) atoms. The van der Waals surface area contributed by atoms with E-state index >= 15 is 0 Å². The van der Waals surface area contributed by atoms with Crippen molar-refractivity contribution >= 4 is 18.2 Å². The van der Waals surface area contributed by atoms with E-state index in [1.54, 1.807) is 0 Å². The molecule has 1 aliphatic rings. The lowest BCUT2D eigenvalue weighted by Crippen LogP contribution is -2.57. The Bertz CT molecular complexity index is 466. The second-order valence-corrected chi connectivity index (χ2v) is 13.0. The van der Waals surface area contributed by atoms with Crippen LogP contribution < -0.4 is 0 Å². The molecule has 0 radical (unpaired) electrons. The van der Waals surface area contributed by atoms with Crippen molar-refractivity contribution < 1.29 is 38.8 Å². The first kappa shape index (κ1) is 24.3. The zero-order chi connectivity index (χ0) is 20.3. The number of hydrogen-bond donors (Lipinski definition) is 4. The lowest BCUT2D eigenvalue weighted by atomic mass is 9.99. The van der Waals surface area contributed by atoms with E-state index in [1.165, 1.54) is 0 Å². The van der Waals surface area contributed by atoms with Crippen LogP contribution in [-0.4, -0.2) is 70.1 Å². The minimum Gasteiger partial charge on any atom is -0.394 e. The maximum Gasteiger partial charge on any atom is 0.391 e. The van der Waals surface area contributed by atoms with Crippen molar-refractivity contribution in [1.29, 1.82) is 0 Å². The number of aliphatic hydroxyl groups is 4. The van der Waals surface area contributed by atoms with Crippen LogP contribution in [-0.2, 0) is 18.3 Å². The van der Waals surface area contributed by atoms with Gasteiger partial charge in [-0.1, -0.05) is 41.5 Å². The third-order valence-corrected chi connectivity index (χ3v) is 7.17. The van der Waals surface area contributed by atoms with Gasteiger partial charge < -0.3 is 34.2 Å². The third kappa shape index (κ3) is 7.73. The Morgan fingerprint density at radius 3 is 1.77 bits per heavy atom. The van der Waals surface area contributed by atoms with Crippen LogP contribution in [0.25, 0.3) is 0 Å². The van der Waals surface area contributed by atoms with Gasteiger partial charge in [0, 0.05) is 0 Å². The van der Waals surface area contributed by atoms with Crippen molar-refractivity contribution in [1.82, 2.24) is 0 Å². The molecule has 5 atom stereocenters. The van der Waals surface area contributed by atoms with Crippen LogP contribution in [0.5, 0.6) is 0 Å². The predicted molar refractivity (Wildman–Crippen MR) is 99.8 cm³/mol. The Hall–Kier alpha value is 0.300. The number of rotatable bonds is 7. The molecule has 0 amide bonds. The molecular formula is C16H33O8PS. The van der Waals surface area contributed by atoms with Gasteiger partial charge in [-0.15, -0.1) is 0 Å². The van der Waals surface area contributed by atoms with Crippen molar-refractivity contribution in [3.63, 3.8) is 0 Å². The highest BCUT2D eigenvalue weighted by atomic mass is 32.7. The van der Waals surface area contributed by atoms with Gasteiger partial charge in [0.05, 0.1) is 19.8 Å². The van der Waals surface area contributed by atoms with Gasteiger partial charge in [0.25, 0.3) is 0 Å². The quantitative estimate of drug-likeness (QED) is 0.459. The average molecular weight is 416 g/mol.